The van der Waals surface area contributed by atoms with Crippen LogP contribution in [0.1, 0.15) is 37.0 Å². The fraction of sp³-hybridized carbons (Fsp3) is 0.615. The molecule has 1 fully saturated rings. The highest BCUT2D eigenvalue weighted by molar-refractivity contribution is 9.09. The Hall–Kier alpha value is -0.350. The molecule has 1 aliphatic rings. The number of alkyl halides is 1. The lowest BCUT2D eigenvalue weighted by atomic mass is 10.2. The van der Waals surface area contributed by atoms with Crippen LogP contribution in [0.15, 0.2) is 17.5 Å². The molecule has 1 aromatic rings. The molecule has 4 heteroatoms. The van der Waals surface area contributed by atoms with Crippen molar-refractivity contribution in [3.8, 4) is 0 Å². The van der Waals surface area contributed by atoms with Gasteiger partial charge < -0.3 is 4.90 Å². The molecule has 2 nitrogen and oxygen atoms in total. The maximum Gasteiger partial charge on any atom is 0.223 e. The van der Waals surface area contributed by atoms with Gasteiger partial charge in [0.2, 0.25) is 5.91 Å². The van der Waals surface area contributed by atoms with Gasteiger partial charge >= 0.3 is 0 Å². The van der Waals surface area contributed by atoms with E-state index in [1.54, 1.807) is 11.3 Å². The van der Waals surface area contributed by atoms with E-state index in [9.17, 15) is 4.79 Å². The zero-order chi connectivity index (χ0) is 12.1. The summed E-state index contributed by atoms with van der Waals surface area (Å²) in [5.41, 5.74) is 0. The zero-order valence-corrected chi connectivity index (χ0v) is 12.3. The van der Waals surface area contributed by atoms with Crippen molar-refractivity contribution in [3.63, 3.8) is 0 Å². The van der Waals surface area contributed by atoms with Crippen LogP contribution in [0.3, 0.4) is 0 Å². The number of nitrogens with zero attached hydrogens (tertiary/aromatic N) is 1. The average Bonchev–Trinajstić information content (AvgIpc) is 3.03. The van der Waals surface area contributed by atoms with E-state index in [1.165, 1.54) is 17.7 Å². The van der Waals surface area contributed by atoms with Crippen molar-refractivity contribution < 1.29 is 4.79 Å². The molecule has 0 aliphatic heterocycles. The van der Waals surface area contributed by atoms with E-state index in [2.05, 4.69) is 38.3 Å². The van der Waals surface area contributed by atoms with Gasteiger partial charge in [0.1, 0.15) is 0 Å². The summed E-state index contributed by atoms with van der Waals surface area (Å²) < 4.78 is 0. The van der Waals surface area contributed by atoms with Crippen LogP contribution in [0, 0.1) is 0 Å². The SMILES string of the molecule is O=C(CCCCBr)N(Cc1cccs1)C1CC1. The van der Waals surface area contributed by atoms with Gasteiger partial charge in [0.15, 0.2) is 0 Å². The Labute approximate surface area is 115 Å². The summed E-state index contributed by atoms with van der Waals surface area (Å²) in [7, 11) is 0. The number of amides is 1. The van der Waals surface area contributed by atoms with Crippen LogP contribution >= 0.6 is 27.3 Å². The molecule has 17 heavy (non-hydrogen) atoms. The molecular formula is C13H18BrNOS. The van der Waals surface area contributed by atoms with Gasteiger partial charge in [0, 0.05) is 22.7 Å². The van der Waals surface area contributed by atoms with Crippen molar-refractivity contribution >= 4 is 33.2 Å². The fourth-order valence-electron chi connectivity index (χ4n) is 1.89. The van der Waals surface area contributed by atoms with Gasteiger partial charge in [-0.25, -0.2) is 0 Å². The molecule has 1 aliphatic carbocycles. The molecule has 0 saturated heterocycles. The van der Waals surface area contributed by atoms with Crippen molar-refractivity contribution in [3.05, 3.63) is 22.4 Å². The Morgan fingerprint density at radius 1 is 1.47 bits per heavy atom. The first-order valence-corrected chi connectivity index (χ1v) is 8.19. The van der Waals surface area contributed by atoms with Gasteiger partial charge in [0.25, 0.3) is 0 Å². The summed E-state index contributed by atoms with van der Waals surface area (Å²) in [6.07, 6.45) is 5.17. The lowest BCUT2D eigenvalue weighted by molar-refractivity contribution is -0.132. The average molecular weight is 316 g/mol. The number of thiophene rings is 1. The minimum absolute atomic E-state index is 0.335. The monoisotopic (exact) mass is 315 g/mol. The van der Waals surface area contributed by atoms with Crippen LogP contribution < -0.4 is 0 Å². The second kappa shape index (κ2) is 6.55. The second-order valence-electron chi connectivity index (χ2n) is 4.48. The molecule has 94 valence electrons. The predicted molar refractivity (Wildman–Crippen MR) is 75.5 cm³/mol. The van der Waals surface area contributed by atoms with Gasteiger partial charge in [-0.2, -0.15) is 0 Å². The largest absolute Gasteiger partial charge is 0.335 e. The highest BCUT2D eigenvalue weighted by atomic mass is 79.9. The topological polar surface area (TPSA) is 20.3 Å². The van der Waals surface area contributed by atoms with E-state index in [4.69, 9.17) is 0 Å². The third kappa shape index (κ3) is 4.11. The van der Waals surface area contributed by atoms with Crippen LogP contribution in [0.4, 0.5) is 0 Å². The molecule has 1 saturated carbocycles. The molecule has 0 bridgehead atoms. The van der Waals surface area contributed by atoms with Crippen molar-refractivity contribution in [2.75, 3.05) is 5.33 Å². The molecule has 1 amide bonds. The standard InChI is InChI=1S/C13H18BrNOS/c14-8-2-1-5-13(16)15(11-6-7-11)10-12-4-3-9-17-12/h3-4,9,11H,1-2,5-8,10H2. The van der Waals surface area contributed by atoms with E-state index < -0.39 is 0 Å². The van der Waals surface area contributed by atoms with Crippen LogP contribution in [0.25, 0.3) is 0 Å². The van der Waals surface area contributed by atoms with E-state index in [0.29, 0.717) is 18.4 Å². The first kappa shape index (κ1) is 13.1. The Bertz CT molecular complexity index is 348. The molecule has 1 heterocycles. The predicted octanol–water partition coefficient (Wildman–Crippen LogP) is 3.80. The summed E-state index contributed by atoms with van der Waals surface area (Å²) in [6.45, 7) is 0.815. The molecular weight excluding hydrogens is 298 g/mol. The molecule has 0 aromatic carbocycles. The first-order chi connectivity index (χ1) is 8.31. The van der Waals surface area contributed by atoms with Crippen LogP contribution in [-0.4, -0.2) is 22.2 Å². The summed E-state index contributed by atoms with van der Waals surface area (Å²) in [4.78, 5) is 15.5. The molecule has 0 radical (unpaired) electrons. The molecule has 0 spiro atoms. The zero-order valence-electron chi connectivity index (χ0n) is 9.90. The summed E-state index contributed by atoms with van der Waals surface area (Å²) >= 11 is 5.14. The maximum absolute atomic E-state index is 12.1. The Morgan fingerprint density at radius 2 is 2.29 bits per heavy atom. The smallest absolute Gasteiger partial charge is 0.223 e. The second-order valence-corrected chi connectivity index (χ2v) is 6.30. The van der Waals surface area contributed by atoms with Crippen LogP contribution in [-0.2, 0) is 11.3 Å². The third-order valence-corrected chi connectivity index (χ3v) is 4.41. The molecule has 2 rings (SSSR count). The molecule has 1 aromatic heterocycles. The van der Waals surface area contributed by atoms with Gasteiger partial charge in [-0.15, -0.1) is 11.3 Å². The van der Waals surface area contributed by atoms with Gasteiger partial charge in [-0.3, -0.25) is 4.79 Å². The number of halogens is 1. The number of hydrogen-bond acceptors (Lipinski definition) is 2. The van der Waals surface area contributed by atoms with E-state index >= 15 is 0 Å². The first-order valence-electron chi connectivity index (χ1n) is 6.19. The van der Waals surface area contributed by atoms with Gasteiger partial charge in [-0.05, 0) is 37.1 Å². The van der Waals surface area contributed by atoms with E-state index in [0.717, 1.165) is 24.7 Å². The normalized spacial score (nSPS) is 14.9. The van der Waals surface area contributed by atoms with E-state index in [1.807, 2.05) is 0 Å². The van der Waals surface area contributed by atoms with Crippen molar-refractivity contribution in [1.29, 1.82) is 0 Å². The third-order valence-electron chi connectivity index (χ3n) is 2.99. The van der Waals surface area contributed by atoms with Crippen LogP contribution in [0.2, 0.25) is 0 Å². The minimum atomic E-state index is 0.335. The number of carbonyl (C=O) groups is 1. The number of rotatable bonds is 7. The van der Waals surface area contributed by atoms with Crippen molar-refractivity contribution in [2.45, 2.75) is 44.7 Å². The minimum Gasteiger partial charge on any atom is -0.335 e. The number of carbonyl (C=O) groups excluding carboxylic acids is 1. The Kier molecular flexibility index (Phi) is 5.04. The van der Waals surface area contributed by atoms with Crippen LogP contribution in [0.5, 0.6) is 0 Å². The Balaban J connectivity index is 1.86. The highest BCUT2D eigenvalue weighted by Crippen LogP contribution is 2.30. The molecule has 0 unspecified atom stereocenters. The van der Waals surface area contributed by atoms with Gasteiger partial charge in [-0.1, -0.05) is 22.0 Å². The number of hydrogen-bond donors (Lipinski definition) is 0. The number of unbranched alkanes of at least 4 members (excludes halogenated alkanes) is 1. The van der Waals surface area contributed by atoms with E-state index in [-0.39, 0.29) is 0 Å². The maximum atomic E-state index is 12.1. The Morgan fingerprint density at radius 3 is 2.88 bits per heavy atom. The van der Waals surface area contributed by atoms with Crippen molar-refractivity contribution in [2.24, 2.45) is 0 Å². The quantitative estimate of drug-likeness (QED) is 0.553. The molecule has 0 atom stereocenters. The van der Waals surface area contributed by atoms with Crippen molar-refractivity contribution in [1.82, 2.24) is 4.90 Å². The fourth-order valence-corrected chi connectivity index (χ4v) is 2.99. The summed E-state index contributed by atoms with van der Waals surface area (Å²) in [5, 5.41) is 3.07. The lowest BCUT2D eigenvalue weighted by Gasteiger charge is -2.21. The summed E-state index contributed by atoms with van der Waals surface area (Å²) in [6, 6.07) is 4.69. The molecule has 0 N–H and O–H groups in total. The lowest BCUT2D eigenvalue weighted by Crippen LogP contribution is -2.32. The van der Waals surface area contributed by atoms with Gasteiger partial charge in [0.05, 0.1) is 6.54 Å². The summed E-state index contributed by atoms with van der Waals surface area (Å²) in [5.74, 6) is 0.335. The highest BCUT2D eigenvalue weighted by Gasteiger charge is 2.32.